The Morgan fingerprint density at radius 3 is 2.33 bits per heavy atom. The van der Waals surface area contributed by atoms with Crippen LogP contribution in [0.15, 0.2) is 71.6 Å². The molecule has 11 heteroatoms. The van der Waals surface area contributed by atoms with Crippen LogP contribution in [-0.4, -0.2) is 56.4 Å². The summed E-state index contributed by atoms with van der Waals surface area (Å²) in [5.41, 5.74) is 2.43. The Balaban J connectivity index is 1.76. The molecule has 0 spiro atoms. The second kappa shape index (κ2) is 14.2. The zero-order chi connectivity index (χ0) is 28.4. The van der Waals surface area contributed by atoms with Crippen molar-refractivity contribution in [3.05, 3.63) is 101 Å². The van der Waals surface area contributed by atoms with E-state index in [9.17, 15) is 27.1 Å². The summed E-state index contributed by atoms with van der Waals surface area (Å²) < 4.78 is 54.7. The van der Waals surface area contributed by atoms with Gasteiger partial charge in [0, 0.05) is 31.3 Å². The molecular weight excluding hydrogens is 528 g/mol. The molecule has 0 heterocycles. The van der Waals surface area contributed by atoms with Crippen LogP contribution in [0.3, 0.4) is 0 Å². The van der Waals surface area contributed by atoms with Crippen molar-refractivity contribution >= 4 is 15.9 Å². The van der Waals surface area contributed by atoms with Gasteiger partial charge < -0.3 is 20.8 Å². The van der Waals surface area contributed by atoms with Crippen molar-refractivity contribution in [2.45, 2.75) is 43.4 Å². The third-order valence-corrected chi connectivity index (χ3v) is 7.51. The number of halogens is 2. The number of carbonyl (C=O) groups excluding carboxylic acids is 1. The summed E-state index contributed by atoms with van der Waals surface area (Å²) in [7, 11) is -3.96. The predicted octanol–water partition coefficient (Wildman–Crippen LogP) is 2.29. The molecule has 210 valence electrons. The van der Waals surface area contributed by atoms with E-state index >= 15 is 0 Å². The molecule has 3 rings (SSSR count). The zero-order valence-electron chi connectivity index (χ0n) is 21.5. The van der Waals surface area contributed by atoms with Gasteiger partial charge in [0.2, 0.25) is 10.0 Å². The Kier molecular flexibility index (Phi) is 11.1. The first-order valence-electron chi connectivity index (χ1n) is 12.5. The van der Waals surface area contributed by atoms with Crippen LogP contribution in [0, 0.1) is 11.6 Å². The molecule has 0 saturated carbocycles. The van der Waals surface area contributed by atoms with Crippen LogP contribution in [0.2, 0.25) is 0 Å². The van der Waals surface area contributed by atoms with E-state index in [0.717, 1.165) is 30.2 Å². The average molecular weight is 562 g/mol. The summed E-state index contributed by atoms with van der Waals surface area (Å²) in [4.78, 5) is 12.9. The number of rotatable bonds is 14. The van der Waals surface area contributed by atoms with Gasteiger partial charge in [0.1, 0.15) is 11.6 Å². The number of carbonyl (C=O) groups is 1. The lowest BCUT2D eigenvalue weighted by Gasteiger charge is -2.25. The molecule has 3 aromatic rings. The molecule has 1 amide bonds. The largest absolute Gasteiger partial charge is 0.395 e. The number of hydrogen-bond donors (Lipinski definition) is 5. The summed E-state index contributed by atoms with van der Waals surface area (Å²) in [5, 5.41) is 25.7. The lowest BCUT2D eigenvalue weighted by molar-refractivity contribution is 0.0829. The highest BCUT2D eigenvalue weighted by Gasteiger charge is 2.24. The molecule has 3 aromatic carbocycles. The van der Waals surface area contributed by atoms with Gasteiger partial charge in [0.15, 0.2) is 0 Å². The molecule has 0 aliphatic carbocycles. The van der Waals surface area contributed by atoms with Gasteiger partial charge in [-0.3, -0.25) is 4.79 Å². The molecule has 39 heavy (non-hydrogen) atoms. The molecule has 0 radical (unpaired) electrons. The molecule has 0 aliphatic rings. The Morgan fingerprint density at radius 1 is 0.949 bits per heavy atom. The highest BCUT2D eigenvalue weighted by Crippen LogP contribution is 2.15. The summed E-state index contributed by atoms with van der Waals surface area (Å²) in [6.07, 6.45) is -0.341. The van der Waals surface area contributed by atoms with E-state index in [4.69, 9.17) is 5.11 Å². The first kappa shape index (κ1) is 30.3. The molecule has 2 atom stereocenters. The standard InChI is InChI=1S/C28H33F2N3O5S/c1-2-19-5-3-6-20(11-19)17-31-18-27(35)26(14-21-12-23(29)16-24(30)13-21)33-28(36)22-7-4-8-25(15-22)39(37,38)32-9-10-34/h3-8,11-13,15-16,26-27,31-32,34-35H,2,9-10,14,17-18H2,1H3,(H,33,36)/t26-,27+/m0/s1. The van der Waals surface area contributed by atoms with E-state index in [0.29, 0.717) is 6.54 Å². The van der Waals surface area contributed by atoms with Crippen molar-refractivity contribution in [3.63, 3.8) is 0 Å². The van der Waals surface area contributed by atoms with Crippen molar-refractivity contribution in [3.8, 4) is 0 Å². The maximum atomic E-state index is 13.8. The summed E-state index contributed by atoms with van der Waals surface area (Å²) in [5.74, 6) is -2.25. The second-order valence-electron chi connectivity index (χ2n) is 9.08. The third-order valence-electron chi connectivity index (χ3n) is 6.05. The molecule has 0 aromatic heterocycles. The molecular formula is C28H33F2N3O5S. The van der Waals surface area contributed by atoms with Crippen molar-refractivity contribution in [1.82, 2.24) is 15.4 Å². The monoisotopic (exact) mass is 561 g/mol. The lowest BCUT2D eigenvalue weighted by atomic mass is 10.00. The highest BCUT2D eigenvalue weighted by molar-refractivity contribution is 7.89. The van der Waals surface area contributed by atoms with Crippen molar-refractivity contribution in [1.29, 1.82) is 0 Å². The number of nitrogens with one attached hydrogen (secondary N) is 3. The number of aliphatic hydroxyl groups is 2. The topological polar surface area (TPSA) is 128 Å². The number of sulfonamides is 1. The minimum atomic E-state index is -3.96. The van der Waals surface area contributed by atoms with Crippen LogP contribution < -0.4 is 15.4 Å². The van der Waals surface area contributed by atoms with E-state index in [-0.39, 0.29) is 35.5 Å². The van der Waals surface area contributed by atoms with E-state index in [2.05, 4.69) is 22.3 Å². The van der Waals surface area contributed by atoms with Crippen LogP contribution in [0.5, 0.6) is 0 Å². The molecule has 0 saturated heterocycles. The Morgan fingerprint density at radius 2 is 1.64 bits per heavy atom. The lowest BCUT2D eigenvalue weighted by Crippen LogP contribution is -2.48. The third kappa shape index (κ3) is 9.19. The van der Waals surface area contributed by atoms with Crippen LogP contribution in [-0.2, 0) is 29.4 Å². The number of aryl methyl sites for hydroxylation is 1. The smallest absolute Gasteiger partial charge is 0.251 e. The van der Waals surface area contributed by atoms with Gasteiger partial charge >= 0.3 is 0 Å². The van der Waals surface area contributed by atoms with Gasteiger partial charge in [-0.25, -0.2) is 21.9 Å². The summed E-state index contributed by atoms with van der Waals surface area (Å²) >= 11 is 0. The van der Waals surface area contributed by atoms with Crippen molar-refractivity contribution in [2.75, 3.05) is 19.7 Å². The number of amides is 1. The Labute approximate surface area is 227 Å². The molecule has 0 bridgehead atoms. The number of benzene rings is 3. The summed E-state index contributed by atoms with van der Waals surface area (Å²) in [6, 6.07) is 15.2. The molecule has 0 aliphatic heterocycles. The Hall–Kier alpha value is -3.22. The zero-order valence-corrected chi connectivity index (χ0v) is 22.3. The number of hydrogen-bond acceptors (Lipinski definition) is 6. The van der Waals surface area contributed by atoms with E-state index < -0.39 is 46.3 Å². The molecule has 0 unspecified atom stereocenters. The van der Waals surface area contributed by atoms with Gasteiger partial charge in [-0.05, 0) is 59.9 Å². The van der Waals surface area contributed by atoms with E-state index in [1.54, 1.807) is 0 Å². The average Bonchev–Trinajstić information content (AvgIpc) is 2.91. The second-order valence-corrected chi connectivity index (χ2v) is 10.8. The first-order valence-corrected chi connectivity index (χ1v) is 14.0. The van der Waals surface area contributed by atoms with Crippen molar-refractivity contribution < 1.29 is 32.2 Å². The quantitative estimate of drug-likeness (QED) is 0.206. The van der Waals surface area contributed by atoms with Gasteiger partial charge in [0.25, 0.3) is 5.91 Å². The maximum absolute atomic E-state index is 13.8. The van der Waals surface area contributed by atoms with Gasteiger partial charge in [-0.1, -0.05) is 37.3 Å². The fraction of sp³-hybridized carbons (Fsp3) is 0.321. The van der Waals surface area contributed by atoms with Crippen molar-refractivity contribution in [2.24, 2.45) is 0 Å². The van der Waals surface area contributed by atoms with Gasteiger partial charge in [-0.2, -0.15) is 0 Å². The normalized spacial score (nSPS) is 13.2. The number of aliphatic hydroxyl groups excluding tert-OH is 2. The van der Waals surface area contributed by atoms with Gasteiger partial charge in [-0.15, -0.1) is 0 Å². The van der Waals surface area contributed by atoms with Gasteiger partial charge in [0.05, 0.1) is 23.6 Å². The fourth-order valence-electron chi connectivity index (χ4n) is 4.05. The first-order chi connectivity index (χ1) is 18.6. The predicted molar refractivity (Wildman–Crippen MR) is 144 cm³/mol. The van der Waals surface area contributed by atoms with E-state index in [1.165, 1.54) is 29.8 Å². The SMILES string of the molecule is CCc1cccc(CNC[C@@H](O)[C@H](Cc2cc(F)cc(F)c2)NC(=O)c2cccc(S(=O)(=O)NCCO)c2)c1. The minimum absolute atomic E-state index is 0.00818. The van der Waals surface area contributed by atoms with Crippen LogP contribution in [0.25, 0.3) is 0 Å². The minimum Gasteiger partial charge on any atom is -0.395 e. The van der Waals surface area contributed by atoms with Crippen LogP contribution in [0.1, 0.15) is 34.0 Å². The fourth-order valence-corrected chi connectivity index (χ4v) is 5.12. The van der Waals surface area contributed by atoms with Crippen LogP contribution in [0.4, 0.5) is 8.78 Å². The molecule has 8 nitrogen and oxygen atoms in total. The maximum Gasteiger partial charge on any atom is 0.251 e. The molecule has 5 N–H and O–H groups in total. The van der Waals surface area contributed by atoms with E-state index in [1.807, 2.05) is 24.3 Å². The highest BCUT2D eigenvalue weighted by atomic mass is 32.2. The Bertz CT molecular complexity index is 1350. The summed E-state index contributed by atoms with van der Waals surface area (Å²) in [6.45, 7) is 2.00. The molecule has 0 fully saturated rings. The van der Waals surface area contributed by atoms with Crippen LogP contribution >= 0.6 is 0 Å².